The summed E-state index contributed by atoms with van der Waals surface area (Å²) in [5.41, 5.74) is -0.633. The third kappa shape index (κ3) is 3.73. The predicted molar refractivity (Wildman–Crippen MR) is 86.9 cm³/mol. The van der Waals surface area contributed by atoms with E-state index in [0.29, 0.717) is 0 Å². The Morgan fingerprint density at radius 2 is 2.09 bits per heavy atom. The molecule has 0 aliphatic rings. The van der Waals surface area contributed by atoms with Crippen LogP contribution in [-0.4, -0.2) is 29.1 Å². The van der Waals surface area contributed by atoms with Crippen molar-refractivity contribution in [2.45, 2.75) is 18.9 Å². The average molecular weight is 358 g/mol. The molecule has 0 unspecified atom stereocenters. The number of carbonyl (C=O) groups excluding carboxylic acids is 2. The highest BCUT2D eigenvalue weighted by molar-refractivity contribution is 8.00. The van der Waals surface area contributed by atoms with E-state index in [-0.39, 0.29) is 44.7 Å². The fraction of sp³-hybridized carbons (Fsp3) is 0.267. The van der Waals surface area contributed by atoms with Crippen LogP contribution in [0, 0.1) is 5.82 Å². The van der Waals surface area contributed by atoms with Gasteiger partial charge in [-0.15, -0.1) is 0 Å². The summed E-state index contributed by atoms with van der Waals surface area (Å²) >= 11 is 6.73. The summed E-state index contributed by atoms with van der Waals surface area (Å²) in [5, 5.41) is 0.0282. The molecule has 2 aromatic rings. The molecule has 122 valence electrons. The minimum absolute atomic E-state index is 0.0119. The Balaban J connectivity index is 2.71. The summed E-state index contributed by atoms with van der Waals surface area (Å²) in [6, 6.07) is 2.24. The Bertz CT molecular complexity index is 849. The lowest BCUT2D eigenvalue weighted by atomic mass is 10.1. The van der Waals surface area contributed by atoms with Gasteiger partial charge in [-0.05, 0) is 26.0 Å². The number of thioether (sulfide) groups is 1. The third-order valence-corrected chi connectivity index (χ3v) is 4.34. The number of nitrogens with one attached hydrogen (secondary N) is 1. The lowest BCUT2D eigenvalue weighted by Crippen LogP contribution is -2.20. The molecular formula is C15H13ClFNO4S. The summed E-state index contributed by atoms with van der Waals surface area (Å²) in [6.45, 7) is 3.08. The molecule has 0 radical (unpaired) electrons. The van der Waals surface area contributed by atoms with Gasteiger partial charge in [0.2, 0.25) is 5.43 Å². The van der Waals surface area contributed by atoms with Crippen molar-refractivity contribution >= 4 is 46.0 Å². The molecule has 5 nitrogen and oxygen atoms in total. The monoisotopic (exact) mass is 357 g/mol. The molecule has 23 heavy (non-hydrogen) atoms. The number of carbonyl (C=O) groups is 2. The van der Waals surface area contributed by atoms with Crippen molar-refractivity contribution in [3.63, 3.8) is 0 Å². The first-order valence-electron chi connectivity index (χ1n) is 6.69. The molecule has 0 amide bonds. The average Bonchev–Trinajstić information content (AvgIpc) is 2.47. The van der Waals surface area contributed by atoms with E-state index in [1.54, 1.807) is 6.92 Å². The highest BCUT2D eigenvalue weighted by atomic mass is 35.5. The third-order valence-electron chi connectivity index (χ3n) is 2.91. The summed E-state index contributed by atoms with van der Waals surface area (Å²) in [7, 11) is 0. The Labute approximate surface area is 140 Å². The lowest BCUT2D eigenvalue weighted by molar-refractivity contribution is -0.114. The highest BCUT2D eigenvalue weighted by Gasteiger charge is 2.21. The van der Waals surface area contributed by atoms with E-state index < -0.39 is 17.2 Å². The van der Waals surface area contributed by atoms with Gasteiger partial charge in [-0.2, -0.15) is 0 Å². The molecule has 0 saturated heterocycles. The first-order chi connectivity index (χ1) is 10.8. The maximum absolute atomic E-state index is 13.6. The van der Waals surface area contributed by atoms with Gasteiger partial charge in [0.15, 0.2) is 0 Å². The largest absolute Gasteiger partial charge is 0.462 e. The number of hydrogen-bond acceptors (Lipinski definition) is 5. The molecule has 0 aliphatic carbocycles. The van der Waals surface area contributed by atoms with Crippen LogP contribution in [-0.2, 0) is 9.53 Å². The highest BCUT2D eigenvalue weighted by Crippen LogP contribution is 2.25. The van der Waals surface area contributed by atoms with E-state index in [1.807, 2.05) is 0 Å². The van der Waals surface area contributed by atoms with Crippen LogP contribution in [0.4, 0.5) is 4.39 Å². The van der Waals surface area contributed by atoms with E-state index in [4.69, 9.17) is 16.3 Å². The Morgan fingerprint density at radius 3 is 2.70 bits per heavy atom. The van der Waals surface area contributed by atoms with Gasteiger partial charge in [0, 0.05) is 5.39 Å². The van der Waals surface area contributed by atoms with Gasteiger partial charge in [-0.1, -0.05) is 23.4 Å². The molecule has 2 rings (SSSR count). The molecule has 1 aromatic heterocycles. The Morgan fingerprint density at radius 1 is 1.39 bits per heavy atom. The Hall–Kier alpha value is -1.86. The van der Waals surface area contributed by atoms with Gasteiger partial charge < -0.3 is 9.72 Å². The van der Waals surface area contributed by atoms with E-state index in [0.717, 1.165) is 17.8 Å². The number of halogens is 2. The van der Waals surface area contributed by atoms with Gasteiger partial charge in [0.05, 0.1) is 27.9 Å². The molecule has 1 N–H and O–H groups in total. The number of ether oxygens (including phenoxy) is 1. The normalized spacial score (nSPS) is 10.8. The predicted octanol–water partition coefficient (Wildman–Crippen LogP) is 3.18. The molecule has 1 aromatic carbocycles. The van der Waals surface area contributed by atoms with Crippen LogP contribution >= 0.6 is 23.4 Å². The Kier molecular flexibility index (Phi) is 5.43. The SMILES string of the molecule is CCOC(=O)c1c(SCC(C)=O)[nH]c2cc(Cl)c(F)cc2c1=O. The number of rotatable bonds is 5. The number of ketones is 1. The quantitative estimate of drug-likeness (QED) is 0.657. The first-order valence-corrected chi connectivity index (χ1v) is 8.05. The molecule has 0 atom stereocenters. The zero-order valence-electron chi connectivity index (χ0n) is 12.4. The fourth-order valence-electron chi connectivity index (χ4n) is 1.93. The van der Waals surface area contributed by atoms with Crippen molar-refractivity contribution in [2.24, 2.45) is 0 Å². The second-order valence-corrected chi connectivity index (χ2v) is 6.07. The second-order valence-electron chi connectivity index (χ2n) is 4.68. The number of hydrogen-bond donors (Lipinski definition) is 1. The molecule has 0 bridgehead atoms. The zero-order chi connectivity index (χ0) is 17.1. The van der Waals surface area contributed by atoms with Crippen molar-refractivity contribution in [3.8, 4) is 0 Å². The fourth-order valence-corrected chi connectivity index (χ4v) is 2.95. The second kappa shape index (κ2) is 7.14. The van der Waals surface area contributed by atoms with Gasteiger partial charge in [0.1, 0.15) is 17.2 Å². The van der Waals surface area contributed by atoms with Gasteiger partial charge in [-0.25, -0.2) is 9.18 Å². The number of aromatic amines is 1. The standard InChI is InChI=1S/C15H13ClFNO4S/c1-3-22-15(21)12-13(20)8-4-10(17)9(16)5-11(8)18-14(12)23-6-7(2)19/h4-5H,3,6H2,1-2H3,(H,18,20). The molecule has 8 heteroatoms. The van der Waals surface area contributed by atoms with E-state index >= 15 is 0 Å². The van der Waals surface area contributed by atoms with E-state index in [9.17, 15) is 18.8 Å². The van der Waals surface area contributed by atoms with Gasteiger partial charge in [-0.3, -0.25) is 9.59 Å². The van der Waals surface area contributed by atoms with Crippen LogP contribution in [0.3, 0.4) is 0 Å². The van der Waals surface area contributed by atoms with Crippen molar-refractivity contribution in [2.75, 3.05) is 12.4 Å². The minimum atomic E-state index is -0.822. The molecular weight excluding hydrogens is 345 g/mol. The van der Waals surface area contributed by atoms with Gasteiger partial charge in [0.25, 0.3) is 0 Å². The number of aromatic nitrogens is 1. The number of esters is 1. The van der Waals surface area contributed by atoms with Crippen LogP contribution in [0.25, 0.3) is 10.9 Å². The summed E-state index contributed by atoms with van der Waals surface area (Å²) in [5.74, 6) is -1.63. The summed E-state index contributed by atoms with van der Waals surface area (Å²) in [4.78, 5) is 38.6. The molecule has 0 aliphatic heterocycles. The van der Waals surface area contributed by atoms with E-state index in [2.05, 4.69) is 4.98 Å². The van der Waals surface area contributed by atoms with Crippen molar-refractivity contribution in [1.82, 2.24) is 4.98 Å². The van der Waals surface area contributed by atoms with Crippen molar-refractivity contribution in [1.29, 1.82) is 0 Å². The zero-order valence-corrected chi connectivity index (χ0v) is 13.9. The molecule has 0 saturated carbocycles. The lowest BCUT2D eigenvalue weighted by Gasteiger charge is -2.10. The van der Waals surface area contributed by atoms with Gasteiger partial charge >= 0.3 is 5.97 Å². The van der Waals surface area contributed by atoms with Crippen LogP contribution < -0.4 is 5.43 Å². The minimum Gasteiger partial charge on any atom is -0.462 e. The smallest absolute Gasteiger partial charge is 0.344 e. The maximum atomic E-state index is 13.6. The molecule has 0 spiro atoms. The maximum Gasteiger partial charge on any atom is 0.344 e. The molecule has 1 heterocycles. The van der Waals surface area contributed by atoms with Crippen molar-refractivity contribution in [3.05, 3.63) is 38.8 Å². The first kappa shape index (κ1) is 17.5. The van der Waals surface area contributed by atoms with E-state index in [1.165, 1.54) is 13.0 Å². The summed E-state index contributed by atoms with van der Waals surface area (Å²) in [6.07, 6.45) is 0. The topological polar surface area (TPSA) is 76.2 Å². The van der Waals surface area contributed by atoms with Crippen LogP contribution in [0.1, 0.15) is 24.2 Å². The number of benzene rings is 1. The number of pyridine rings is 1. The molecule has 0 fully saturated rings. The number of H-pyrrole nitrogens is 1. The summed E-state index contributed by atoms with van der Waals surface area (Å²) < 4.78 is 18.5. The van der Waals surface area contributed by atoms with Crippen LogP contribution in [0.15, 0.2) is 22.0 Å². The van der Waals surface area contributed by atoms with Crippen molar-refractivity contribution < 1.29 is 18.7 Å². The van der Waals surface area contributed by atoms with Crippen LogP contribution in [0.2, 0.25) is 5.02 Å². The number of Topliss-reactive ketones (excluding diaryl/α,β-unsaturated/α-hetero) is 1. The number of fused-ring (bicyclic) bond motifs is 1. The van der Waals surface area contributed by atoms with Crippen LogP contribution in [0.5, 0.6) is 0 Å².